The van der Waals surface area contributed by atoms with Crippen LogP contribution >= 0.6 is 0 Å². The maximum absolute atomic E-state index is 13.7. The molecule has 2 aromatic carbocycles. The summed E-state index contributed by atoms with van der Waals surface area (Å²) < 4.78 is 37.6. The Morgan fingerprint density at radius 1 is 1.11 bits per heavy atom. The summed E-state index contributed by atoms with van der Waals surface area (Å²) in [5, 5.41) is 14.9. The molecular formula is C24H19F2N3O6. The number of halogens is 2. The van der Waals surface area contributed by atoms with E-state index >= 15 is 0 Å². The van der Waals surface area contributed by atoms with Crippen LogP contribution in [0.25, 0.3) is 11.1 Å². The Balaban J connectivity index is 1.23. The third-order valence-corrected chi connectivity index (χ3v) is 6.11. The summed E-state index contributed by atoms with van der Waals surface area (Å²) in [4.78, 5) is 36.7. The molecule has 0 unspecified atom stereocenters. The molecule has 1 aliphatic heterocycles. The van der Waals surface area contributed by atoms with Crippen LogP contribution in [0.1, 0.15) is 34.0 Å². The Kier molecular flexibility index (Phi) is 5.46. The van der Waals surface area contributed by atoms with Gasteiger partial charge in [0.1, 0.15) is 12.6 Å². The molecule has 0 bridgehead atoms. The number of aromatic nitrogens is 1. The fraction of sp³-hybridized carbons (Fsp3) is 0.250. The van der Waals surface area contributed by atoms with E-state index in [2.05, 4.69) is 10.5 Å². The van der Waals surface area contributed by atoms with E-state index < -0.39 is 48.6 Å². The summed E-state index contributed by atoms with van der Waals surface area (Å²) >= 11 is 0. The Labute approximate surface area is 197 Å². The van der Waals surface area contributed by atoms with Gasteiger partial charge in [0.15, 0.2) is 5.69 Å². The van der Waals surface area contributed by atoms with Gasteiger partial charge in [-0.25, -0.2) is 18.4 Å². The predicted molar refractivity (Wildman–Crippen MR) is 117 cm³/mol. The van der Waals surface area contributed by atoms with E-state index in [1.807, 2.05) is 48.5 Å². The van der Waals surface area contributed by atoms with Crippen molar-refractivity contribution in [3.63, 3.8) is 0 Å². The fourth-order valence-electron chi connectivity index (χ4n) is 4.57. The van der Waals surface area contributed by atoms with Crippen LogP contribution in [0, 0.1) is 0 Å². The predicted octanol–water partition coefficient (Wildman–Crippen LogP) is 3.97. The number of nitrogens with one attached hydrogen (secondary N) is 1. The van der Waals surface area contributed by atoms with Gasteiger partial charge in [-0.3, -0.25) is 10.1 Å². The largest absolute Gasteiger partial charge is 0.480 e. The number of likely N-dealkylation sites (tertiary alicyclic amines) is 1. The van der Waals surface area contributed by atoms with Crippen molar-refractivity contribution in [3.8, 4) is 11.1 Å². The van der Waals surface area contributed by atoms with Crippen LogP contribution in [0.2, 0.25) is 0 Å². The lowest BCUT2D eigenvalue weighted by molar-refractivity contribution is -0.141. The van der Waals surface area contributed by atoms with Crippen molar-refractivity contribution in [3.05, 3.63) is 71.4 Å². The number of benzene rings is 2. The summed E-state index contributed by atoms with van der Waals surface area (Å²) in [5.41, 5.74) is 3.79. The number of carbonyl (C=O) groups excluding carboxylic acids is 2. The van der Waals surface area contributed by atoms with Gasteiger partial charge in [-0.2, -0.15) is 0 Å². The third-order valence-electron chi connectivity index (χ3n) is 6.11. The Hall–Kier alpha value is -4.28. The second kappa shape index (κ2) is 8.49. The number of amides is 2. The van der Waals surface area contributed by atoms with Crippen LogP contribution in [-0.4, -0.2) is 58.2 Å². The molecule has 1 aromatic heterocycles. The van der Waals surface area contributed by atoms with Gasteiger partial charge in [-0.1, -0.05) is 53.7 Å². The molecule has 1 fully saturated rings. The molecule has 5 rings (SSSR count). The SMILES string of the molecule is O=C(Nc1cc(C(=O)N2CC(F)(F)C[C@@H]2C(=O)O)no1)OCC1c2ccccc2-c2ccccc21. The summed E-state index contributed by atoms with van der Waals surface area (Å²) in [6, 6.07) is 15.0. The van der Waals surface area contributed by atoms with E-state index in [-0.39, 0.29) is 18.4 Å². The Morgan fingerprint density at radius 2 is 1.74 bits per heavy atom. The fourth-order valence-corrected chi connectivity index (χ4v) is 4.57. The first kappa shape index (κ1) is 22.5. The highest BCUT2D eigenvalue weighted by Crippen LogP contribution is 2.44. The molecule has 2 N–H and O–H groups in total. The Morgan fingerprint density at radius 3 is 2.37 bits per heavy atom. The standard InChI is InChI=1S/C24H19F2N3O6/c25-24(26)10-19(22(31)32)29(12-24)21(30)18-9-20(35-28-18)27-23(33)34-11-17-15-7-3-1-5-13(15)14-6-2-4-8-16(14)17/h1-9,17,19H,10-12H2,(H,27,33)(H,31,32)/t19-/m1/s1. The number of ether oxygens (including phenoxy) is 1. The van der Waals surface area contributed by atoms with Gasteiger partial charge in [0.2, 0.25) is 5.88 Å². The summed E-state index contributed by atoms with van der Waals surface area (Å²) in [6.07, 6.45) is -1.85. The van der Waals surface area contributed by atoms with Crippen LogP contribution in [0.15, 0.2) is 59.1 Å². The highest BCUT2D eigenvalue weighted by molar-refractivity contribution is 5.96. The monoisotopic (exact) mass is 483 g/mol. The summed E-state index contributed by atoms with van der Waals surface area (Å²) in [5.74, 6) is -6.33. The molecule has 1 atom stereocenters. The first-order chi connectivity index (χ1) is 16.7. The smallest absolute Gasteiger partial charge is 0.414 e. The van der Waals surface area contributed by atoms with Gasteiger partial charge in [-0.05, 0) is 22.3 Å². The second-order valence-electron chi connectivity index (χ2n) is 8.37. The van der Waals surface area contributed by atoms with E-state index in [9.17, 15) is 23.2 Å². The number of fused-ring (bicyclic) bond motifs is 3. The van der Waals surface area contributed by atoms with Gasteiger partial charge in [0.05, 0.1) is 6.54 Å². The zero-order valence-electron chi connectivity index (χ0n) is 18.1. The number of anilines is 1. The van der Waals surface area contributed by atoms with Gasteiger partial charge in [0, 0.05) is 18.4 Å². The highest BCUT2D eigenvalue weighted by atomic mass is 19.3. The van der Waals surface area contributed by atoms with Crippen molar-refractivity contribution in [2.75, 3.05) is 18.5 Å². The average Bonchev–Trinajstić information content (AvgIpc) is 3.51. The molecule has 0 saturated carbocycles. The minimum Gasteiger partial charge on any atom is -0.480 e. The van der Waals surface area contributed by atoms with Gasteiger partial charge in [-0.15, -0.1) is 0 Å². The molecule has 35 heavy (non-hydrogen) atoms. The number of hydrogen-bond acceptors (Lipinski definition) is 6. The molecule has 9 nitrogen and oxygen atoms in total. The summed E-state index contributed by atoms with van der Waals surface area (Å²) in [6.45, 7) is -1.01. The van der Waals surface area contributed by atoms with Crippen molar-refractivity contribution in [2.45, 2.75) is 24.3 Å². The van der Waals surface area contributed by atoms with Crippen molar-refractivity contribution in [1.82, 2.24) is 10.1 Å². The van der Waals surface area contributed by atoms with Crippen LogP contribution in [-0.2, 0) is 9.53 Å². The lowest BCUT2D eigenvalue weighted by Gasteiger charge is -2.19. The molecule has 0 radical (unpaired) electrons. The first-order valence-corrected chi connectivity index (χ1v) is 10.7. The van der Waals surface area contributed by atoms with Gasteiger partial charge < -0.3 is 19.3 Å². The van der Waals surface area contributed by atoms with E-state index in [4.69, 9.17) is 14.4 Å². The molecule has 1 aliphatic carbocycles. The minimum absolute atomic E-state index is 0.0446. The van der Waals surface area contributed by atoms with E-state index in [0.717, 1.165) is 28.3 Å². The number of alkyl halides is 2. The molecule has 0 spiro atoms. The Bertz CT molecular complexity index is 1280. The maximum atomic E-state index is 13.7. The van der Waals surface area contributed by atoms with Gasteiger partial charge >= 0.3 is 12.1 Å². The quantitative estimate of drug-likeness (QED) is 0.563. The van der Waals surface area contributed by atoms with Crippen LogP contribution in [0.3, 0.4) is 0 Å². The van der Waals surface area contributed by atoms with Crippen molar-refractivity contribution < 1.29 is 37.5 Å². The number of hydrogen-bond donors (Lipinski definition) is 2. The first-order valence-electron chi connectivity index (χ1n) is 10.7. The number of rotatable bonds is 5. The molecule has 180 valence electrons. The van der Waals surface area contributed by atoms with E-state index in [1.165, 1.54) is 0 Å². The van der Waals surface area contributed by atoms with Crippen molar-refractivity contribution in [2.24, 2.45) is 0 Å². The van der Waals surface area contributed by atoms with Crippen molar-refractivity contribution in [1.29, 1.82) is 0 Å². The number of carboxylic acids is 1. The zero-order valence-corrected chi connectivity index (χ0v) is 18.1. The van der Waals surface area contributed by atoms with Crippen LogP contribution < -0.4 is 5.32 Å². The van der Waals surface area contributed by atoms with Crippen LogP contribution in [0.4, 0.5) is 19.5 Å². The normalized spacial score (nSPS) is 18.1. The number of carboxylic acid groups (broad SMARTS) is 1. The molecular weight excluding hydrogens is 464 g/mol. The number of aliphatic carboxylic acids is 1. The van der Waals surface area contributed by atoms with E-state index in [0.29, 0.717) is 4.90 Å². The number of nitrogens with zero attached hydrogens (tertiary/aromatic N) is 2. The highest BCUT2D eigenvalue weighted by Gasteiger charge is 2.50. The zero-order chi connectivity index (χ0) is 24.7. The second-order valence-corrected chi connectivity index (χ2v) is 8.37. The molecule has 3 aromatic rings. The average molecular weight is 483 g/mol. The minimum atomic E-state index is -3.33. The molecule has 1 saturated heterocycles. The molecule has 2 aliphatic rings. The van der Waals surface area contributed by atoms with Crippen LogP contribution in [0.5, 0.6) is 0 Å². The van der Waals surface area contributed by atoms with Gasteiger partial charge in [0.25, 0.3) is 11.8 Å². The van der Waals surface area contributed by atoms with Crippen molar-refractivity contribution >= 4 is 23.9 Å². The number of carbonyl (C=O) groups is 3. The topological polar surface area (TPSA) is 122 Å². The lowest BCUT2D eigenvalue weighted by Crippen LogP contribution is -2.40. The third kappa shape index (κ3) is 4.20. The molecule has 2 amide bonds. The van der Waals surface area contributed by atoms with E-state index in [1.54, 1.807) is 0 Å². The molecule has 2 heterocycles. The molecule has 11 heteroatoms. The summed E-state index contributed by atoms with van der Waals surface area (Å²) in [7, 11) is 0. The lowest BCUT2D eigenvalue weighted by atomic mass is 9.98. The maximum Gasteiger partial charge on any atom is 0.414 e.